The Labute approximate surface area is 122 Å². The average Bonchev–Trinajstić information content (AvgIpc) is 3.04. The Morgan fingerprint density at radius 1 is 1.14 bits per heavy atom. The van der Waals surface area contributed by atoms with Crippen LogP contribution in [0.2, 0.25) is 0 Å². The molecular weight excluding hydrogens is 264 g/mol. The largest absolute Gasteiger partial charge is 0.307 e. The van der Waals surface area contributed by atoms with Crippen molar-refractivity contribution in [3.63, 3.8) is 0 Å². The fourth-order valence-electron chi connectivity index (χ4n) is 1.98. The minimum atomic E-state index is -0.184. The van der Waals surface area contributed by atoms with Crippen molar-refractivity contribution in [2.75, 3.05) is 5.32 Å². The highest BCUT2D eigenvalue weighted by Gasteiger charge is 2.08. The Morgan fingerprint density at radius 3 is 2.76 bits per heavy atom. The molecule has 0 bridgehead atoms. The van der Waals surface area contributed by atoms with Crippen LogP contribution in [-0.4, -0.2) is 21.1 Å². The van der Waals surface area contributed by atoms with E-state index in [2.05, 4.69) is 20.5 Å². The number of carbonyl (C=O) groups is 1. The molecule has 0 saturated heterocycles. The number of aryl methyl sites for hydroxylation is 1. The standard InChI is InChI=1S/C16H14N4O/c1-11-5-6-15(17-8-11)20-16(21)13-4-2-3-12(7-13)14-9-18-19-10-14/h2-10H,1H3,(H,18,19)(H,17,20,21). The Kier molecular flexibility index (Phi) is 3.47. The first-order valence-electron chi connectivity index (χ1n) is 6.55. The molecular formula is C16H14N4O. The molecule has 21 heavy (non-hydrogen) atoms. The second kappa shape index (κ2) is 5.58. The third-order valence-corrected chi connectivity index (χ3v) is 3.11. The SMILES string of the molecule is Cc1ccc(NC(=O)c2cccc(-c3cn[nH]c3)c2)nc1. The monoisotopic (exact) mass is 278 g/mol. The van der Waals surface area contributed by atoms with E-state index in [9.17, 15) is 4.79 Å². The van der Waals surface area contributed by atoms with Gasteiger partial charge in [0.15, 0.2) is 0 Å². The predicted molar refractivity (Wildman–Crippen MR) is 81.0 cm³/mol. The van der Waals surface area contributed by atoms with Crippen LogP contribution in [0.15, 0.2) is 55.0 Å². The van der Waals surface area contributed by atoms with Gasteiger partial charge >= 0.3 is 0 Å². The van der Waals surface area contributed by atoms with Gasteiger partial charge in [-0.1, -0.05) is 18.2 Å². The first-order chi connectivity index (χ1) is 10.2. The molecule has 0 aliphatic rings. The van der Waals surface area contributed by atoms with Crippen molar-refractivity contribution < 1.29 is 4.79 Å². The van der Waals surface area contributed by atoms with Crippen LogP contribution < -0.4 is 5.32 Å². The number of nitrogens with zero attached hydrogens (tertiary/aromatic N) is 2. The number of aromatic nitrogens is 3. The molecule has 0 atom stereocenters. The first-order valence-corrected chi connectivity index (χ1v) is 6.55. The molecule has 5 heteroatoms. The van der Waals surface area contributed by atoms with Gasteiger partial charge in [0.25, 0.3) is 5.91 Å². The van der Waals surface area contributed by atoms with Crippen LogP contribution >= 0.6 is 0 Å². The third-order valence-electron chi connectivity index (χ3n) is 3.11. The minimum absolute atomic E-state index is 0.184. The zero-order valence-corrected chi connectivity index (χ0v) is 11.5. The number of aromatic amines is 1. The molecule has 2 heterocycles. The van der Waals surface area contributed by atoms with Gasteiger partial charge in [0.05, 0.1) is 6.20 Å². The molecule has 3 rings (SSSR count). The van der Waals surface area contributed by atoms with Crippen molar-refractivity contribution in [2.24, 2.45) is 0 Å². The van der Waals surface area contributed by atoms with Gasteiger partial charge in [0.1, 0.15) is 5.82 Å². The van der Waals surface area contributed by atoms with Crippen molar-refractivity contribution in [3.05, 3.63) is 66.1 Å². The normalized spacial score (nSPS) is 10.3. The topological polar surface area (TPSA) is 70.7 Å². The molecule has 2 aromatic heterocycles. The van der Waals surface area contributed by atoms with Crippen LogP contribution in [0.4, 0.5) is 5.82 Å². The van der Waals surface area contributed by atoms with Gasteiger partial charge in [-0.2, -0.15) is 5.10 Å². The number of pyridine rings is 1. The van der Waals surface area contributed by atoms with E-state index < -0.39 is 0 Å². The summed E-state index contributed by atoms with van der Waals surface area (Å²) in [6.45, 7) is 1.95. The van der Waals surface area contributed by atoms with Crippen LogP contribution in [0, 0.1) is 6.92 Å². The summed E-state index contributed by atoms with van der Waals surface area (Å²) in [7, 11) is 0. The maximum atomic E-state index is 12.2. The predicted octanol–water partition coefficient (Wildman–Crippen LogP) is 3.03. The number of hydrogen-bond donors (Lipinski definition) is 2. The van der Waals surface area contributed by atoms with Crippen molar-refractivity contribution >= 4 is 11.7 Å². The smallest absolute Gasteiger partial charge is 0.256 e. The zero-order valence-electron chi connectivity index (χ0n) is 11.5. The van der Waals surface area contributed by atoms with Gasteiger partial charge in [0, 0.05) is 23.5 Å². The molecule has 2 N–H and O–H groups in total. The summed E-state index contributed by atoms with van der Waals surface area (Å²) in [6.07, 6.45) is 5.23. The molecule has 1 amide bonds. The van der Waals surface area contributed by atoms with E-state index in [0.717, 1.165) is 16.7 Å². The lowest BCUT2D eigenvalue weighted by Gasteiger charge is -2.06. The molecule has 0 radical (unpaired) electrons. The molecule has 0 unspecified atom stereocenters. The molecule has 0 saturated carbocycles. The van der Waals surface area contributed by atoms with Gasteiger partial charge in [-0.25, -0.2) is 4.98 Å². The van der Waals surface area contributed by atoms with Gasteiger partial charge in [0.2, 0.25) is 0 Å². The quantitative estimate of drug-likeness (QED) is 0.773. The maximum Gasteiger partial charge on any atom is 0.256 e. The molecule has 0 spiro atoms. The molecule has 104 valence electrons. The number of benzene rings is 1. The highest BCUT2D eigenvalue weighted by atomic mass is 16.1. The number of anilines is 1. The van der Waals surface area contributed by atoms with E-state index in [1.54, 1.807) is 30.7 Å². The number of carbonyl (C=O) groups excluding carboxylic acids is 1. The summed E-state index contributed by atoms with van der Waals surface area (Å²) in [5.41, 5.74) is 3.51. The number of rotatable bonds is 3. The molecule has 0 aliphatic heterocycles. The second-order valence-corrected chi connectivity index (χ2v) is 4.74. The summed E-state index contributed by atoms with van der Waals surface area (Å²) in [4.78, 5) is 16.4. The van der Waals surface area contributed by atoms with Gasteiger partial charge < -0.3 is 5.32 Å². The van der Waals surface area contributed by atoms with Gasteiger partial charge in [-0.3, -0.25) is 9.89 Å². The summed E-state index contributed by atoms with van der Waals surface area (Å²) in [6, 6.07) is 11.1. The Balaban J connectivity index is 1.81. The summed E-state index contributed by atoms with van der Waals surface area (Å²) in [5.74, 6) is 0.357. The van der Waals surface area contributed by atoms with Gasteiger partial charge in [-0.15, -0.1) is 0 Å². The minimum Gasteiger partial charge on any atom is -0.307 e. The summed E-state index contributed by atoms with van der Waals surface area (Å²) >= 11 is 0. The zero-order chi connectivity index (χ0) is 14.7. The number of H-pyrrole nitrogens is 1. The van der Waals surface area contributed by atoms with E-state index >= 15 is 0 Å². The van der Waals surface area contributed by atoms with E-state index in [-0.39, 0.29) is 5.91 Å². The Morgan fingerprint density at radius 2 is 2.05 bits per heavy atom. The molecule has 3 aromatic rings. The molecule has 0 aliphatic carbocycles. The van der Waals surface area contributed by atoms with Crippen molar-refractivity contribution in [2.45, 2.75) is 6.92 Å². The van der Waals surface area contributed by atoms with Crippen LogP contribution in [0.1, 0.15) is 15.9 Å². The number of nitrogens with one attached hydrogen (secondary N) is 2. The van der Waals surface area contributed by atoms with E-state index in [1.165, 1.54) is 0 Å². The fourth-order valence-corrected chi connectivity index (χ4v) is 1.98. The first kappa shape index (κ1) is 13.1. The lowest BCUT2D eigenvalue weighted by Crippen LogP contribution is -2.12. The number of hydrogen-bond acceptors (Lipinski definition) is 3. The van der Waals surface area contributed by atoms with Crippen LogP contribution in [0.3, 0.4) is 0 Å². The highest BCUT2D eigenvalue weighted by Crippen LogP contribution is 2.19. The van der Waals surface area contributed by atoms with Crippen LogP contribution in [0.5, 0.6) is 0 Å². The van der Waals surface area contributed by atoms with Crippen molar-refractivity contribution in [1.29, 1.82) is 0 Å². The van der Waals surface area contributed by atoms with E-state index in [1.807, 2.05) is 31.2 Å². The van der Waals surface area contributed by atoms with Gasteiger partial charge in [-0.05, 0) is 36.2 Å². The average molecular weight is 278 g/mol. The summed E-state index contributed by atoms with van der Waals surface area (Å²) < 4.78 is 0. The third kappa shape index (κ3) is 2.97. The summed E-state index contributed by atoms with van der Waals surface area (Å²) in [5, 5.41) is 9.46. The number of amides is 1. The Hall–Kier alpha value is -2.95. The highest BCUT2D eigenvalue weighted by molar-refractivity contribution is 6.04. The molecule has 0 fully saturated rings. The van der Waals surface area contributed by atoms with Crippen LogP contribution in [0.25, 0.3) is 11.1 Å². The Bertz CT molecular complexity index is 748. The van der Waals surface area contributed by atoms with E-state index in [0.29, 0.717) is 11.4 Å². The lowest BCUT2D eigenvalue weighted by molar-refractivity contribution is 0.102. The van der Waals surface area contributed by atoms with Crippen molar-refractivity contribution in [3.8, 4) is 11.1 Å². The second-order valence-electron chi connectivity index (χ2n) is 4.74. The fraction of sp³-hybridized carbons (Fsp3) is 0.0625. The van der Waals surface area contributed by atoms with E-state index in [4.69, 9.17) is 0 Å². The van der Waals surface area contributed by atoms with Crippen LogP contribution in [-0.2, 0) is 0 Å². The van der Waals surface area contributed by atoms with Crippen molar-refractivity contribution in [1.82, 2.24) is 15.2 Å². The molecule has 5 nitrogen and oxygen atoms in total. The molecule has 1 aromatic carbocycles. The lowest BCUT2D eigenvalue weighted by atomic mass is 10.1. The maximum absolute atomic E-state index is 12.2.